The highest BCUT2D eigenvalue weighted by Crippen LogP contribution is 2.34. The Hall–Kier alpha value is -4.70. The molecule has 0 aliphatic rings. The summed E-state index contributed by atoms with van der Waals surface area (Å²) in [5.74, 6) is -3.61. The molecule has 0 saturated heterocycles. The van der Waals surface area contributed by atoms with Crippen molar-refractivity contribution in [2.75, 3.05) is 0 Å². The van der Waals surface area contributed by atoms with Gasteiger partial charge < -0.3 is 19.7 Å². The van der Waals surface area contributed by atoms with Gasteiger partial charge in [-0.15, -0.1) is 26.3 Å². The van der Waals surface area contributed by atoms with Gasteiger partial charge in [0.05, 0.1) is 21.4 Å². The van der Waals surface area contributed by atoms with Gasteiger partial charge in [-0.25, -0.2) is 29.5 Å². The first-order valence-corrected chi connectivity index (χ1v) is 11.5. The Kier molecular flexibility index (Phi) is 9.75. The molecule has 0 aliphatic heterocycles. The van der Waals surface area contributed by atoms with Gasteiger partial charge >= 0.3 is 24.7 Å². The van der Waals surface area contributed by atoms with E-state index in [0.29, 0.717) is 11.1 Å². The zero-order valence-electron chi connectivity index (χ0n) is 20.1. The van der Waals surface area contributed by atoms with E-state index in [1.54, 1.807) is 0 Å². The Morgan fingerprint density at radius 2 is 0.976 bits per heavy atom. The third-order valence-corrected chi connectivity index (χ3v) is 5.27. The van der Waals surface area contributed by atoms with Crippen LogP contribution in [0.1, 0.15) is 21.0 Å². The third kappa shape index (κ3) is 9.17. The zero-order valence-corrected chi connectivity index (χ0v) is 21.6. The average Bonchev–Trinajstić information content (AvgIpc) is 2.90. The Labute approximate surface area is 240 Å². The van der Waals surface area contributed by atoms with Crippen molar-refractivity contribution in [3.8, 4) is 34.0 Å². The highest BCUT2D eigenvalue weighted by Gasteiger charge is 2.33. The molecule has 0 atom stereocenters. The van der Waals surface area contributed by atoms with E-state index in [0.717, 1.165) is 24.8 Å². The van der Waals surface area contributed by atoms with E-state index in [2.05, 4.69) is 29.4 Å². The lowest BCUT2D eigenvalue weighted by Crippen LogP contribution is -2.17. The number of ether oxygens (including phenoxy) is 2. The smallest absolute Gasteiger partial charge is 0.477 e. The second-order valence-corrected chi connectivity index (χ2v) is 8.39. The molecule has 0 amide bonds. The molecule has 2 aromatic heterocycles. The van der Waals surface area contributed by atoms with Gasteiger partial charge in [-0.2, -0.15) is 0 Å². The van der Waals surface area contributed by atoms with Crippen LogP contribution in [0.15, 0.2) is 61.2 Å². The van der Waals surface area contributed by atoms with E-state index in [1.165, 1.54) is 36.4 Å². The molecular formula is C24H12Cl2F6N4O6. The number of carbonyl (C=O) groups is 2. The number of hydrogen-bond donors (Lipinski definition) is 2. The van der Waals surface area contributed by atoms with Crippen molar-refractivity contribution >= 4 is 35.1 Å². The van der Waals surface area contributed by atoms with E-state index in [4.69, 9.17) is 33.4 Å². The first-order valence-electron chi connectivity index (χ1n) is 10.7. The molecule has 4 aromatic rings. The second-order valence-electron chi connectivity index (χ2n) is 7.57. The van der Waals surface area contributed by atoms with Crippen LogP contribution < -0.4 is 9.47 Å². The molecule has 0 spiro atoms. The molecule has 0 bridgehead atoms. The van der Waals surface area contributed by atoms with Crippen molar-refractivity contribution in [2.45, 2.75) is 12.7 Å². The number of aromatic carboxylic acids is 2. The van der Waals surface area contributed by atoms with Crippen LogP contribution in [0.5, 0.6) is 11.5 Å². The molecule has 18 heteroatoms. The predicted octanol–water partition coefficient (Wildman–Crippen LogP) is 6.79. The average molecular weight is 637 g/mol. The molecule has 0 radical (unpaired) electrons. The van der Waals surface area contributed by atoms with Crippen molar-refractivity contribution in [3.05, 3.63) is 82.6 Å². The van der Waals surface area contributed by atoms with Crippen LogP contribution in [0.2, 0.25) is 10.0 Å². The van der Waals surface area contributed by atoms with Crippen LogP contribution >= 0.6 is 23.2 Å². The number of nitrogens with zero attached hydrogens (tertiary/aromatic N) is 4. The van der Waals surface area contributed by atoms with E-state index >= 15 is 0 Å². The van der Waals surface area contributed by atoms with E-state index in [-0.39, 0.29) is 32.8 Å². The SMILES string of the molecule is O=C(O)c1cc(-c2ccc(OC(F)(F)F)c(Cl)c2)ncn1.O=C(O)c1cc(-c2ccc(OC(F)(F)F)c(Cl)c2)ncn1. The molecule has 2 aromatic carbocycles. The fourth-order valence-electron chi connectivity index (χ4n) is 3.00. The van der Waals surface area contributed by atoms with Gasteiger partial charge in [-0.05, 0) is 48.5 Å². The lowest BCUT2D eigenvalue weighted by molar-refractivity contribution is -0.275. The fraction of sp³-hybridized carbons (Fsp3) is 0.0833. The second kappa shape index (κ2) is 12.9. The first-order chi connectivity index (χ1) is 19.5. The Morgan fingerprint density at radius 3 is 1.26 bits per heavy atom. The van der Waals surface area contributed by atoms with E-state index in [1.807, 2.05) is 0 Å². The van der Waals surface area contributed by atoms with E-state index < -0.39 is 36.2 Å². The number of halogens is 8. The van der Waals surface area contributed by atoms with Crippen molar-refractivity contribution in [1.29, 1.82) is 0 Å². The normalized spacial score (nSPS) is 11.2. The highest BCUT2D eigenvalue weighted by atomic mass is 35.5. The Balaban J connectivity index is 0.000000230. The molecule has 10 nitrogen and oxygen atoms in total. The predicted molar refractivity (Wildman–Crippen MR) is 132 cm³/mol. The topological polar surface area (TPSA) is 145 Å². The van der Waals surface area contributed by atoms with Crippen LogP contribution in [0.25, 0.3) is 22.5 Å². The van der Waals surface area contributed by atoms with Crippen molar-refractivity contribution < 1.29 is 55.6 Å². The number of carboxylic acid groups (broad SMARTS) is 2. The van der Waals surface area contributed by atoms with Gasteiger partial charge in [0.2, 0.25) is 0 Å². The maximum absolute atomic E-state index is 12.1. The summed E-state index contributed by atoms with van der Waals surface area (Å²) in [5, 5.41) is 17.1. The molecule has 42 heavy (non-hydrogen) atoms. The highest BCUT2D eigenvalue weighted by molar-refractivity contribution is 6.32. The minimum absolute atomic E-state index is 0.211. The van der Waals surface area contributed by atoms with Crippen molar-refractivity contribution in [2.24, 2.45) is 0 Å². The summed E-state index contributed by atoms with van der Waals surface area (Å²) in [7, 11) is 0. The molecule has 0 aliphatic carbocycles. The molecule has 0 saturated carbocycles. The third-order valence-electron chi connectivity index (χ3n) is 4.68. The number of benzene rings is 2. The summed E-state index contributed by atoms with van der Waals surface area (Å²) in [6.45, 7) is 0. The number of hydrogen-bond acceptors (Lipinski definition) is 8. The molecule has 4 rings (SSSR count). The van der Waals surface area contributed by atoms with Gasteiger partial charge in [0.25, 0.3) is 0 Å². The Morgan fingerprint density at radius 1 is 0.619 bits per heavy atom. The largest absolute Gasteiger partial charge is 0.573 e. The summed E-state index contributed by atoms with van der Waals surface area (Å²) in [5.41, 5.74) is 0.600. The van der Waals surface area contributed by atoms with Crippen LogP contribution in [-0.2, 0) is 0 Å². The monoisotopic (exact) mass is 636 g/mol. The molecule has 0 unspecified atom stereocenters. The van der Waals surface area contributed by atoms with E-state index in [9.17, 15) is 35.9 Å². The first kappa shape index (κ1) is 31.8. The minimum Gasteiger partial charge on any atom is -0.477 e. The van der Waals surface area contributed by atoms with Crippen molar-refractivity contribution in [3.63, 3.8) is 0 Å². The fourth-order valence-corrected chi connectivity index (χ4v) is 3.44. The molecule has 2 heterocycles. The summed E-state index contributed by atoms with van der Waals surface area (Å²) < 4.78 is 80.2. The molecule has 0 fully saturated rings. The van der Waals surface area contributed by atoms with Gasteiger partial charge in [-0.1, -0.05) is 23.2 Å². The Bertz CT molecular complexity index is 1500. The number of alkyl halides is 6. The lowest BCUT2D eigenvalue weighted by Gasteiger charge is -2.11. The van der Waals surface area contributed by atoms with Gasteiger partial charge in [0, 0.05) is 11.1 Å². The van der Waals surface area contributed by atoms with Crippen LogP contribution in [-0.4, -0.2) is 54.8 Å². The van der Waals surface area contributed by atoms with Crippen molar-refractivity contribution in [1.82, 2.24) is 19.9 Å². The quantitative estimate of drug-likeness (QED) is 0.217. The number of carboxylic acids is 2. The maximum atomic E-state index is 12.1. The molecule has 220 valence electrons. The number of aromatic nitrogens is 4. The molecule has 2 N–H and O–H groups in total. The number of rotatable bonds is 6. The summed E-state index contributed by atoms with van der Waals surface area (Å²) in [6.07, 6.45) is -7.63. The lowest BCUT2D eigenvalue weighted by atomic mass is 10.1. The minimum atomic E-state index is -4.85. The molecular weight excluding hydrogens is 625 g/mol. The maximum Gasteiger partial charge on any atom is 0.573 e. The summed E-state index contributed by atoms with van der Waals surface area (Å²) in [4.78, 5) is 36.4. The zero-order chi connectivity index (χ0) is 31.2. The summed E-state index contributed by atoms with van der Waals surface area (Å²) >= 11 is 11.4. The van der Waals surface area contributed by atoms with Crippen LogP contribution in [0, 0.1) is 0 Å². The van der Waals surface area contributed by atoms with Crippen LogP contribution in [0.4, 0.5) is 26.3 Å². The summed E-state index contributed by atoms with van der Waals surface area (Å²) in [6, 6.07) is 9.34. The standard InChI is InChI=1S/2C12H6ClF3N2O3/c2*13-7-3-6(1-2-10(7)21-12(14,15)16)8-4-9(11(19)20)18-5-17-8/h2*1-5H,(H,19,20). The van der Waals surface area contributed by atoms with Gasteiger partial charge in [-0.3, -0.25) is 0 Å². The van der Waals surface area contributed by atoms with Crippen LogP contribution in [0.3, 0.4) is 0 Å². The van der Waals surface area contributed by atoms with Gasteiger partial charge in [0.15, 0.2) is 11.4 Å². The van der Waals surface area contributed by atoms with Gasteiger partial charge in [0.1, 0.15) is 24.2 Å².